The van der Waals surface area contributed by atoms with Crippen molar-refractivity contribution >= 4 is 11.6 Å². The van der Waals surface area contributed by atoms with Crippen molar-refractivity contribution in [2.75, 3.05) is 5.32 Å². The summed E-state index contributed by atoms with van der Waals surface area (Å²) in [4.78, 5) is 20.1. The molecule has 0 aliphatic rings. The van der Waals surface area contributed by atoms with Crippen LogP contribution >= 0.6 is 0 Å². The van der Waals surface area contributed by atoms with Crippen molar-refractivity contribution in [2.24, 2.45) is 5.73 Å². The van der Waals surface area contributed by atoms with E-state index in [0.717, 1.165) is 21.5 Å². The Morgan fingerprint density at radius 3 is 2.43 bits per heavy atom. The lowest BCUT2D eigenvalue weighted by Crippen LogP contribution is -2.30. The third-order valence-electron chi connectivity index (χ3n) is 3.96. The maximum atomic E-state index is 14.4. The molecule has 0 aliphatic heterocycles. The SMILES string of the molecule is Cc1cc(C(F)(F)F)nn1CC(=O)Nc1cnc(-n2cnc(C(C)(C)N)n2)c(F)c1. The Balaban J connectivity index is 1.72. The number of carbonyl (C=O) groups excluding carboxylic acids is 1. The van der Waals surface area contributed by atoms with Crippen LogP contribution in [0.15, 0.2) is 24.7 Å². The van der Waals surface area contributed by atoms with Crippen LogP contribution in [0.2, 0.25) is 0 Å². The average Bonchev–Trinajstić information content (AvgIpc) is 3.22. The summed E-state index contributed by atoms with van der Waals surface area (Å²) >= 11 is 0. The monoisotopic (exact) mass is 426 g/mol. The summed E-state index contributed by atoms with van der Waals surface area (Å²) < 4.78 is 54.6. The Morgan fingerprint density at radius 2 is 1.90 bits per heavy atom. The van der Waals surface area contributed by atoms with Crippen LogP contribution < -0.4 is 11.1 Å². The molecule has 0 spiro atoms. The quantitative estimate of drug-likeness (QED) is 0.604. The third kappa shape index (κ3) is 4.62. The molecule has 0 atom stereocenters. The molecule has 0 saturated heterocycles. The molecule has 0 radical (unpaired) electrons. The summed E-state index contributed by atoms with van der Waals surface area (Å²) in [5.74, 6) is -1.37. The largest absolute Gasteiger partial charge is 0.435 e. The molecule has 0 aliphatic carbocycles. The van der Waals surface area contributed by atoms with Crippen LogP contribution in [0.3, 0.4) is 0 Å². The maximum Gasteiger partial charge on any atom is 0.435 e. The molecule has 3 aromatic heterocycles. The standard InChI is InChI=1S/C17H18F4N8O/c1-9-4-12(17(19,20)21)26-28(9)7-13(30)25-10-5-11(18)14(23-6-10)29-8-24-15(27-29)16(2,3)22/h4-6,8H,7,22H2,1-3H3,(H,25,30). The van der Waals surface area contributed by atoms with Crippen LogP contribution in [0.25, 0.3) is 5.82 Å². The minimum absolute atomic E-state index is 0.0154. The van der Waals surface area contributed by atoms with Gasteiger partial charge in [0.05, 0.1) is 17.4 Å². The summed E-state index contributed by atoms with van der Waals surface area (Å²) in [6.07, 6.45) is -2.18. The summed E-state index contributed by atoms with van der Waals surface area (Å²) in [5.41, 5.74) is 4.14. The Labute approximate surface area is 167 Å². The van der Waals surface area contributed by atoms with Crippen molar-refractivity contribution in [1.82, 2.24) is 29.5 Å². The van der Waals surface area contributed by atoms with Crippen LogP contribution in [0.5, 0.6) is 0 Å². The number of hydrogen-bond donors (Lipinski definition) is 2. The molecule has 9 nitrogen and oxygen atoms in total. The van der Waals surface area contributed by atoms with Gasteiger partial charge in [0.1, 0.15) is 12.9 Å². The number of pyridine rings is 1. The highest BCUT2D eigenvalue weighted by atomic mass is 19.4. The highest BCUT2D eigenvalue weighted by Gasteiger charge is 2.34. The Bertz CT molecular complexity index is 1080. The highest BCUT2D eigenvalue weighted by molar-refractivity contribution is 5.90. The zero-order valence-corrected chi connectivity index (χ0v) is 16.2. The first kappa shape index (κ1) is 21.4. The summed E-state index contributed by atoms with van der Waals surface area (Å²) in [5, 5.41) is 9.81. The van der Waals surface area contributed by atoms with Crippen molar-refractivity contribution in [1.29, 1.82) is 0 Å². The minimum Gasteiger partial charge on any atom is -0.323 e. The van der Waals surface area contributed by atoms with E-state index in [1.54, 1.807) is 13.8 Å². The van der Waals surface area contributed by atoms with E-state index in [9.17, 15) is 22.4 Å². The molecule has 3 N–H and O–H groups in total. The van der Waals surface area contributed by atoms with Gasteiger partial charge in [-0.2, -0.15) is 23.0 Å². The molecule has 0 bridgehead atoms. The van der Waals surface area contributed by atoms with Crippen molar-refractivity contribution in [3.8, 4) is 5.82 Å². The number of nitrogens with one attached hydrogen (secondary N) is 1. The number of aromatic nitrogens is 6. The molecule has 3 heterocycles. The first-order chi connectivity index (χ1) is 13.8. The van der Waals surface area contributed by atoms with Gasteiger partial charge in [0.15, 0.2) is 23.2 Å². The molecule has 0 aromatic carbocycles. The first-order valence-corrected chi connectivity index (χ1v) is 8.63. The van der Waals surface area contributed by atoms with E-state index >= 15 is 0 Å². The molecule has 0 fully saturated rings. The molecule has 3 aromatic rings. The molecule has 160 valence electrons. The van der Waals surface area contributed by atoms with Gasteiger partial charge in [0.25, 0.3) is 0 Å². The van der Waals surface area contributed by atoms with E-state index in [2.05, 4.69) is 25.5 Å². The van der Waals surface area contributed by atoms with Crippen LogP contribution in [0.4, 0.5) is 23.2 Å². The summed E-state index contributed by atoms with van der Waals surface area (Å²) in [7, 11) is 0. The van der Waals surface area contributed by atoms with Gasteiger partial charge >= 0.3 is 6.18 Å². The van der Waals surface area contributed by atoms with Gasteiger partial charge in [0, 0.05) is 11.8 Å². The number of carbonyl (C=O) groups is 1. The molecular formula is C17H18F4N8O. The second kappa shape index (κ2) is 7.48. The number of anilines is 1. The molecule has 0 saturated carbocycles. The van der Waals surface area contributed by atoms with E-state index in [1.807, 2.05) is 0 Å². The molecule has 1 amide bonds. The molecular weight excluding hydrogens is 408 g/mol. The molecule has 0 unspecified atom stereocenters. The lowest BCUT2D eigenvalue weighted by molar-refractivity contribution is -0.141. The van der Waals surface area contributed by atoms with Crippen molar-refractivity contribution in [3.05, 3.63) is 47.7 Å². The van der Waals surface area contributed by atoms with Gasteiger partial charge in [-0.05, 0) is 26.8 Å². The lowest BCUT2D eigenvalue weighted by Gasteiger charge is -2.12. The van der Waals surface area contributed by atoms with Gasteiger partial charge in [0.2, 0.25) is 5.91 Å². The zero-order chi connectivity index (χ0) is 22.3. The number of nitrogens with two attached hydrogens (primary N) is 1. The predicted molar refractivity (Wildman–Crippen MR) is 96.9 cm³/mol. The number of aryl methyl sites for hydroxylation is 1. The lowest BCUT2D eigenvalue weighted by atomic mass is 10.1. The Morgan fingerprint density at radius 1 is 1.20 bits per heavy atom. The van der Waals surface area contributed by atoms with Gasteiger partial charge in [-0.15, -0.1) is 5.10 Å². The zero-order valence-electron chi connectivity index (χ0n) is 16.2. The molecule has 3 rings (SSSR count). The first-order valence-electron chi connectivity index (χ1n) is 8.63. The number of amides is 1. The van der Waals surface area contributed by atoms with Crippen molar-refractivity contribution in [2.45, 2.75) is 39.0 Å². The van der Waals surface area contributed by atoms with Gasteiger partial charge < -0.3 is 11.1 Å². The van der Waals surface area contributed by atoms with E-state index in [0.29, 0.717) is 0 Å². The van der Waals surface area contributed by atoms with Crippen LogP contribution in [0, 0.1) is 12.7 Å². The Kier molecular flexibility index (Phi) is 5.33. The summed E-state index contributed by atoms with van der Waals surface area (Å²) in [6, 6.07) is 1.84. The number of hydrogen-bond acceptors (Lipinski definition) is 6. The predicted octanol–water partition coefficient (Wildman–Crippen LogP) is 2.16. The number of alkyl halides is 3. The van der Waals surface area contributed by atoms with Crippen molar-refractivity contribution < 1.29 is 22.4 Å². The van der Waals surface area contributed by atoms with Crippen LogP contribution in [0.1, 0.15) is 31.1 Å². The van der Waals surface area contributed by atoms with Gasteiger partial charge in [-0.25, -0.2) is 14.4 Å². The van der Waals surface area contributed by atoms with E-state index in [1.165, 1.54) is 19.4 Å². The Hall–Kier alpha value is -3.35. The number of nitrogens with zero attached hydrogens (tertiary/aromatic N) is 6. The average molecular weight is 426 g/mol. The highest BCUT2D eigenvalue weighted by Crippen LogP contribution is 2.28. The molecule has 13 heteroatoms. The fourth-order valence-electron chi connectivity index (χ4n) is 2.47. The second-order valence-electron chi connectivity index (χ2n) is 7.14. The summed E-state index contributed by atoms with van der Waals surface area (Å²) in [6.45, 7) is 4.28. The third-order valence-corrected chi connectivity index (χ3v) is 3.96. The maximum absolute atomic E-state index is 14.4. The normalized spacial score (nSPS) is 12.3. The molecule has 30 heavy (non-hydrogen) atoms. The van der Waals surface area contributed by atoms with Crippen LogP contribution in [-0.4, -0.2) is 35.4 Å². The van der Waals surface area contributed by atoms with E-state index < -0.39 is 35.7 Å². The van der Waals surface area contributed by atoms with Crippen LogP contribution in [-0.2, 0) is 23.1 Å². The van der Waals surface area contributed by atoms with Gasteiger partial charge in [-0.1, -0.05) is 0 Å². The van der Waals surface area contributed by atoms with E-state index in [4.69, 9.17) is 5.73 Å². The van der Waals surface area contributed by atoms with Gasteiger partial charge in [-0.3, -0.25) is 9.48 Å². The second-order valence-corrected chi connectivity index (χ2v) is 7.14. The topological polar surface area (TPSA) is 117 Å². The number of halogens is 4. The smallest absolute Gasteiger partial charge is 0.323 e. The van der Waals surface area contributed by atoms with E-state index in [-0.39, 0.29) is 23.0 Å². The fourth-order valence-corrected chi connectivity index (χ4v) is 2.47. The number of rotatable bonds is 5. The van der Waals surface area contributed by atoms with Crippen molar-refractivity contribution in [3.63, 3.8) is 0 Å². The minimum atomic E-state index is -4.62. The fraction of sp³-hybridized carbons (Fsp3) is 0.353.